The van der Waals surface area contributed by atoms with E-state index in [0.717, 1.165) is 23.0 Å². The number of hydrogen-bond donors (Lipinski definition) is 1. The molecule has 0 aliphatic heterocycles. The number of hydrogen-bond acceptors (Lipinski definition) is 6. The molecule has 0 fully saturated rings. The van der Waals surface area contributed by atoms with Crippen LogP contribution in [0, 0.1) is 0 Å². The fraction of sp³-hybridized carbons (Fsp3) is 0.250. The molecule has 0 aliphatic carbocycles. The van der Waals surface area contributed by atoms with E-state index in [0.29, 0.717) is 0 Å². The largest absolute Gasteiger partial charge is 0.452 e. The maximum Gasteiger partial charge on any atom is 0.339 e. The molecule has 7 nitrogen and oxygen atoms in total. The number of thiophene rings is 1. The molecular weight excluding hydrogens is 364 g/mol. The van der Waals surface area contributed by atoms with Crippen molar-refractivity contribution in [3.63, 3.8) is 0 Å². The molecular formula is C16H18N2O5S2. The molecule has 1 aromatic heterocycles. The van der Waals surface area contributed by atoms with Gasteiger partial charge in [-0.25, -0.2) is 18.4 Å². The van der Waals surface area contributed by atoms with Gasteiger partial charge < -0.3 is 9.64 Å². The number of primary sulfonamides is 1. The Morgan fingerprint density at radius 3 is 2.48 bits per heavy atom. The van der Waals surface area contributed by atoms with E-state index in [4.69, 9.17) is 9.88 Å². The van der Waals surface area contributed by atoms with Crippen molar-refractivity contribution in [1.29, 1.82) is 0 Å². The van der Waals surface area contributed by atoms with Gasteiger partial charge in [0, 0.05) is 12.4 Å². The number of likely N-dealkylation sites (N-methyl/N-ethyl adjacent to an activating group) is 1. The lowest BCUT2D eigenvalue weighted by atomic mass is 10.1. The van der Waals surface area contributed by atoms with E-state index in [1.54, 1.807) is 7.05 Å². The highest BCUT2D eigenvalue weighted by Crippen LogP contribution is 2.20. The Labute approximate surface area is 150 Å². The van der Waals surface area contributed by atoms with Gasteiger partial charge in [0.05, 0.1) is 11.6 Å². The zero-order valence-corrected chi connectivity index (χ0v) is 15.3. The van der Waals surface area contributed by atoms with Crippen LogP contribution < -0.4 is 5.14 Å². The number of esters is 1. The summed E-state index contributed by atoms with van der Waals surface area (Å²) in [6.45, 7) is 1.43. The van der Waals surface area contributed by atoms with Gasteiger partial charge >= 0.3 is 5.97 Å². The van der Waals surface area contributed by atoms with Crippen molar-refractivity contribution in [3.05, 3.63) is 52.9 Å². The second-order valence-corrected chi connectivity index (χ2v) is 8.07. The molecule has 25 heavy (non-hydrogen) atoms. The first-order chi connectivity index (χ1) is 11.7. The summed E-state index contributed by atoms with van der Waals surface area (Å²) in [6.07, 6.45) is 0. The summed E-state index contributed by atoms with van der Waals surface area (Å²) in [7, 11) is -2.24. The van der Waals surface area contributed by atoms with Gasteiger partial charge in [0.25, 0.3) is 5.91 Å². The second kappa shape index (κ2) is 7.77. The molecule has 0 spiro atoms. The van der Waals surface area contributed by atoms with Crippen molar-refractivity contribution in [2.24, 2.45) is 5.14 Å². The number of ether oxygens (including phenoxy) is 1. The summed E-state index contributed by atoms with van der Waals surface area (Å²) in [5.41, 5.74) is 1.00. The monoisotopic (exact) mass is 382 g/mol. The van der Waals surface area contributed by atoms with Gasteiger partial charge in [-0.15, -0.1) is 11.3 Å². The number of nitrogens with two attached hydrogens (primary N) is 1. The van der Waals surface area contributed by atoms with Crippen molar-refractivity contribution in [2.45, 2.75) is 17.2 Å². The standard InChI is InChI=1S/C16H18N2O5S2/c1-11(12-6-4-3-5-7-12)18(2)14(19)9-23-16(20)13-8-15(24-10-13)25(17,21)22/h3-8,10-11H,9H2,1-2H3,(H2,17,21,22)/t11-/m0/s1. The van der Waals surface area contributed by atoms with Crippen LogP contribution in [0.1, 0.15) is 28.9 Å². The maximum absolute atomic E-state index is 12.2. The minimum absolute atomic E-state index is 0.0422. The zero-order valence-electron chi connectivity index (χ0n) is 13.7. The molecule has 134 valence electrons. The number of benzene rings is 1. The average molecular weight is 382 g/mol. The molecule has 2 rings (SSSR count). The molecule has 0 saturated carbocycles. The lowest BCUT2D eigenvalue weighted by Crippen LogP contribution is -2.33. The lowest BCUT2D eigenvalue weighted by molar-refractivity contribution is -0.135. The van der Waals surface area contributed by atoms with Gasteiger partial charge in [-0.3, -0.25) is 4.79 Å². The predicted octanol–water partition coefficient (Wildman–Crippen LogP) is 1.77. The van der Waals surface area contributed by atoms with E-state index in [1.807, 2.05) is 37.3 Å². The van der Waals surface area contributed by atoms with Crippen LogP contribution >= 0.6 is 11.3 Å². The smallest absolute Gasteiger partial charge is 0.339 e. The van der Waals surface area contributed by atoms with Crippen molar-refractivity contribution < 1.29 is 22.7 Å². The van der Waals surface area contributed by atoms with Gasteiger partial charge in [-0.1, -0.05) is 30.3 Å². The molecule has 1 atom stereocenters. The molecule has 1 amide bonds. The Morgan fingerprint density at radius 2 is 1.92 bits per heavy atom. The highest BCUT2D eigenvalue weighted by molar-refractivity contribution is 7.91. The minimum Gasteiger partial charge on any atom is -0.452 e. The van der Waals surface area contributed by atoms with E-state index in [2.05, 4.69) is 0 Å². The van der Waals surface area contributed by atoms with Crippen molar-refractivity contribution in [1.82, 2.24) is 4.90 Å². The average Bonchev–Trinajstić information content (AvgIpc) is 3.09. The van der Waals surface area contributed by atoms with Gasteiger partial charge in [0.1, 0.15) is 4.21 Å². The molecule has 0 aliphatic rings. The molecule has 1 heterocycles. The topological polar surface area (TPSA) is 107 Å². The van der Waals surface area contributed by atoms with Crippen LogP contribution in [-0.2, 0) is 19.6 Å². The number of amides is 1. The molecule has 2 aromatic rings. The summed E-state index contributed by atoms with van der Waals surface area (Å²) < 4.78 is 27.2. The number of nitrogens with zero attached hydrogens (tertiary/aromatic N) is 1. The zero-order chi connectivity index (χ0) is 18.6. The van der Waals surface area contributed by atoms with E-state index in [9.17, 15) is 18.0 Å². The molecule has 9 heteroatoms. The van der Waals surface area contributed by atoms with Crippen molar-refractivity contribution in [2.75, 3.05) is 13.7 Å². The van der Waals surface area contributed by atoms with Gasteiger partial charge in [0.2, 0.25) is 10.0 Å². The first-order valence-electron chi connectivity index (χ1n) is 7.29. The quantitative estimate of drug-likeness (QED) is 0.766. The molecule has 0 radical (unpaired) electrons. The molecule has 0 saturated heterocycles. The highest BCUT2D eigenvalue weighted by atomic mass is 32.2. The van der Waals surface area contributed by atoms with Crippen molar-refractivity contribution in [3.8, 4) is 0 Å². The summed E-state index contributed by atoms with van der Waals surface area (Å²) in [6, 6.07) is 10.4. The molecule has 0 unspecified atom stereocenters. The van der Waals surface area contributed by atoms with Crippen molar-refractivity contribution >= 4 is 33.2 Å². The summed E-state index contributed by atoms with van der Waals surface area (Å²) in [5.74, 6) is -1.15. The fourth-order valence-corrected chi connectivity index (χ4v) is 3.63. The second-order valence-electron chi connectivity index (χ2n) is 5.37. The Balaban J connectivity index is 1.95. The number of sulfonamides is 1. The molecule has 2 N–H and O–H groups in total. The predicted molar refractivity (Wildman–Crippen MR) is 93.6 cm³/mol. The first-order valence-corrected chi connectivity index (χ1v) is 9.72. The normalized spacial score (nSPS) is 12.4. The molecule has 1 aromatic carbocycles. The van der Waals surface area contributed by atoms with E-state index < -0.39 is 22.6 Å². The Morgan fingerprint density at radius 1 is 1.28 bits per heavy atom. The number of carbonyl (C=O) groups excluding carboxylic acids is 2. The van der Waals surface area contributed by atoms with Crippen LogP contribution in [0.4, 0.5) is 0 Å². The molecule has 0 bridgehead atoms. The van der Waals surface area contributed by atoms with E-state index >= 15 is 0 Å². The summed E-state index contributed by atoms with van der Waals surface area (Å²) in [4.78, 5) is 25.6. The van der Waals surface area contributed by atoms with Crippen LogP contribution in [-0.4, -0.2) is 38.8 Å². The van der Waals surface area contributed by atoms with Crippen LogP contribution in [0.5, 0.6) is 0 Å². The third-order valence-corrected chi connectivity index (χ3v) is 6.06. The van der Waals surface area contributed by atoms with Crippen LogP contribution in [0.2, 0.25) is 0 Å². The highest BCUT2D eigenvalue weighted by Gasteiger charge is 2.20. The van der Waals surface area contributed by atoms with Crippen LogP contribution in [0.25, 0.3) is 0 Å². The third-order valence-electron chi connectivity index (χ3n) is 3.67. The lowest BCUT2D eigenvalue weighted by Gasteiger charge is -2.25. The number of carbonyl (C=O) groups is 2. The Kier molecular flexibility index (Phi) is 5.93. The van der Waals surface area contributed by atoms with E-state index in [-0.39, 0.29) is 21.7 Å². The van der Waals surface area contributed by atoms with Gasteiger partial charge in [-0.2, -0.15) is 0 Å². The SMILES string of the molecule is C[C@@H](c1ccccc1)N(C)C(=O)COC(=O)c1csc(S(N)(=O)=O)c1. The van der Waals surface area contributed by atoms with Crippen LogP contribution in [0.3, 0.4) is 0 Å². The number of rotatable bonds is 6. The Hall–Kier alpha value is -2.23. The maximum atomic E-state index is 12.2. The Bertz CT molecular complexity index is 862. The van der Waals surface area contributed by atoms with Gasteiger partial charge in [0.15, 0.2) is 6.61 Å². The fourth-order valence-electron chi connectivity index (χ4n) is 2.06. The summed E-state index contributed by atoms with van der Waals surface area (Å²) >= 11 is 0.818. The van der Waals surface area contributed by atoms with Crippen LogP contribution in [0.15, 0.2) is 46.0 Å². The minimum atomic E-state index is -3.87. The summed E-state index contributed by atoms with van der Waals surface area (Å²) in [5, 5.41) is 6.31. The first kappa shape index (κ1) is 19.1. The van der Waals surface area contributed by atoms with E-state index in [1.165, 1.54) is 10.3 Å². The van der Waals surface area contributed by atoms with Gasteiger partial charge in [-0.05, 0) is 18.6 Å². The third kappa shape index (κ3) is 4.88.